The molecule has 4 aliphatic carbocycles. The van der Waals surface area contributed by atoms with Gasteiger partial charge < -0.3 is 4.74 Å². The number of ether oxygens (including phenoxy) is 1. The molecule has 0 amide bonds. The first-order valence-corrected chi connectivity index (χ1v) is 21.7. The highest BCUT2D eigenvalue weighted by Crippen LogP contribution is 2.58. The third-order valence-corrected chi connectivity index (χ3v) is 13.7. The van der Waals surface area contributed by atoms with Crippen molar-refractivity contribution in [2.75, 3.05) is 0 Å². The van der Waals surface area contributed by atoms with Crippen molar-refractivity contribution in [2.24, 2.45) is 46.3 Å². The van der Waals surface area contributed by atoms with Crippen LogP contribution in [0.2, 0.25) is 0 Å². The van der Waals surface area contributed by atoms with Gasteiger partial charge in [0.15, 0.2) is 0 Å². The van der Waals surface area contributed by atoms with E-state index >= 15 is 0 Å². The monoisotopic (exact) mass is 761 g/mol. The number of rotatable bonds is 16. The molecule has 3 fully saturated rings. The molecule has 4 aliphatic rings. The van der Waals surface area contributed by atoms with E-state index in [2.05, 4.69) is 83.7 Å². The van der Waals surface area contributed by atoms with Crippen molar-refractivity contribution in [1.29, 1.82) is 0 Å². The molecule has 0 heterocycles. The zero-order chi connectivity index (χ0) is 40.7. The summed E-state index contributed by atoms with van der Waals surface area (Å²) in [6.07, 6.45) is 14.9. The molecule has 302 valence electrons. The first kappa shape index (κ1) is 42.0. The number of ketones is 4. The minimum atomic E-state index is -0.725. The SMILES string of the molecule is C=CC1CC1(CC(=O)C1CC(Oc2cc(C3=CCC(CC(C)C)=C3)cc3c(C(C)(C)C)cccc23)CC1C(=O)C(CC(=O)CC1CCCC1)C(C)(C)C)C(C)=O. The van der Waals surface area contributed by atoms with E-state index in [4.69, 9.17) is 4.74 Å². The van der Waals surface area contributed by atoms with Crippen LogP contribution in [0, 0.1) is 46.3 Å². The molecule has 0 spiro atoms. The number of hydrogen-bond donors (Lipinski definition) is 0. The summed E-state index contributed by atoms with van der Waals surface area (Å²) in [7, 11) is 0. The van der Waals surface area contributed by atoms with E-state index < -0.39 is 28.6 Å². The highest BCUT2D eigenvalue weighted by Gasteiger charge is 2.59. The maximum Gasteiger partial charge on any atom is 0.140 e. The summed E-state index contributed by atoms with van der Waals surface area (Å²) >= 11 is 0. The Hall–Kier alpha value is -3.60. The summed E-state index contributed by atoms with van der Waals surface area (Å²) in [5.74, 6) is 0.223. The molecule has 0 aliphatic heterocycles. The molecule has 2 aromatic rings. The van der Waals surface area contributed by atoms with Crippen LogP contribution in [0.25, 0.3) is 16.3 Å². The van der Waals surface area contributed by atoms with E-state index in [0.29, 0.717) is 37.5 Å². The highest BCUT2D eigenvalue weighted by molar-refractivity contribution is 5.98. The molecule has 2 aromatic carbocycles. The summed E-state index contributed by atoms with van der Waals surface area (Å²) in [5, 5.41) is 2.18. The van der Waals surface area contributed by atoms with Gasteiger partial charge in [0.1, 0.15) is 35.0 Å². The smallest absolute Gasteiger partial charge is 0.140 e. The number of Topliss-reactive ketones (excluding diaryl/α,β-unsaturated/α-hetero) is 4. The number of carbonyl (C=O) groups excluding carboxylic acids is 4. The van der Waals surface area contributed by atoms with Crippen LogP contribution in [0.15, 0.2) is 60.7 Å². The summed E-state index contributed by atoms with van der Waals surface area (Å²) < 4.78 is 7.08. The second kappa shape index (κ2) is 16.3. The topological polar surface area (TPSA) is 77.5 Å². The third-order valence-electron chi connectivity index (χ3n) is 13.7. The fourth-order valence-electron chi connectivity index (χ4n) is 10.4. The zero-order valence-electron chi connectivity index (χ0n) is 35.9. The number of fused-ring (bicyclic) bond motifs is 1. The van der Waals surface area contributed by atoms with Gasteiger partial charge in [-0.3, -0.25) is 19.2 Å². The molecule has 6 atom stereocenters. The minimum Gasteiger partial charge on any atom is -0.490 e. The Morgan fingerprint density at radius 1 is 0.964 bits per heavy atom. The number of hydrogen-bond acceptors (Lipinski definition) is 5. The molecule has 5 nitrogen and oxygen atoms in total. The van der Waals surface area contributed by atoms with E-state index in [1.807, 2.05) is 20.8 Å². The molecule has 6 unspecified atom stereocenters. The molecule has 0 N–H and O–H groups in total. The Kier molecular flexibility index (Phi) is 12.3. The van der Waals surface area contributed by atoms with Crippen molar-refractivity contribution in [2.45, 2.75) is 151 Å². The number of benzene rings is 2. The highest BCUT2D eigenvalue weighted by atomic mass is 16.5. The molecule has 3 saturated carbocycles. The first-order chi connectivity index (χ1) is 26.3. The van der Waals surface area contributed by atoms with Gasteiger partial charge in [-0.1, -0.05) is 123 Å². The van der Waals surface area contributed by atoms with E-state index in [9.17, 15) is 19.2 Å². The lowest BCUT2D eigenvalue weighted by molar-refractivity contribution is -0.139. The second-order valence-corrected chi connectivity index (χ2v) is 20.6. The molecule has 0 bridgehead atoms. The van der Waals surface area contributed by atoms with E-state index in [-0.39, 0.29) is 53.4 Å². The Bertz CT molecular complexity index is 1920. The van der Waals surface area contributed by atoms with E-state index in [1.165, 1.54) is 29.6 Å². The van der Waals surface area contributed by atoms with Gasteiger partial charge in [0.25, 0.3) is 0 Å². The van der Waals surface area contributed by atoms with Gasteiger partial charge in [0.2, 0.25) is 0 Å². The van der Waals surface area contributed by atoms with Crippen LogP contribution in [0.1, 0.15) is 150 Å². The number of carbonyl (C=O) groups is 4. The number of allylic oxidation sites excluding steroid dienone is 5. The average molecular weight is 761 g/mol. The van der Waals surface area contributed by atoms with E-state index in [0.717, 1.165) is 47.8 Å². The molecule has 0 radical (unpaired) electrons. The Morgan fingerprint density at radius 3 is 2.27 bits per heavy atom. The lowest BCUT2D eigenvalue weighted by Gasteiger charge is -2.33. The van der Waals surface area contributed by atoms with Crippen LogP contribution in [0.4, 0.5) is 0 Å². The van der Waals surface area contributed by atoms with Crippen molar-refractivity contribution in [3.8, 4) is 5.75 Å². The quantitative estimate of drug-likeness (QED) is 0.159. The largest absolute Gasteiger partial charge is 0.490 e. The molecule has 5 heteroatoms. The van der Waals surface area contributed by atoms with Crippen LogP contribution in [0.3, 0.4) is 0 Å². The predicted molar refractivity (Wildman–Crippen MR) is 229 cm³/mol. The maximum atomic E-state index is 15.0. The van der Waals surface area contributed by atoms with Crippen LogP contribution in [-0.2, 0) is 24.6 Å². The molecule has 0 aromatic heterocycles. The average Bonchev–Trinajstić information content (AvgIpc) is 3.52. The van der Waals surface area contributed by atoms with Gasteiger partial charge in [-0.25, -0.2) is 0 Å². The molecule has 0 saturated heterocycles. The summed E-state index contributed by atoms with van der Waals surface area (Å²) in [5.41, 5.74) is 3.72. The minimum absolute atomic E-state index is 0.00206. The van der Waals surface area contributed by atoms with Gasteiger partial charge in [0.05, 0.1) is 0 Å². The standard InChI is InChI=1S/C51H68O5/c1-11-37-29-51(37,32(4)52)30-46(54)42-27-39(28-43(42)48(55)45(50(8,9)10)26-38(53)23-33-15-12-13-16-33)56-47-25-36(35-20-19-34(22-35)21-31(2)3)24-41-40(47)17-14-18-44(41)49(5,6)7/h11,14,17-18,20,22,24-25,31,33,37,39,42-43,45H,1,12-13,15-16,19,21,23,26-30H2,2-10H3. The maximum absolute atomic E-state index is 15.0. The van der Waals surface area contributed by atoms with E-state index in [1.54, 1.807) is 13.0 Å². The normalized spacial score (nSPS) is 26.0. The lowest BCUT2D eigenvalue weighted by atomic mass is 9.69. The van der Waals surface area contributed by atoms with Gasteiger partial charge in [0, 0.05) is 47.8 Å². The zero-order valence-corrected chi connectivity index (χ0v) is 35.9. The van der Waals surface area contributed by atoms with Crippen molar-refractivity contribution in [1.82, 2.24) is 0 Å². The lowest BCUT2D eigenvalue weighted by Crippen LogP contribution is -2.38. The summed E-state index contributed by atoms with van der Waals surface area (Å²) in [6, 6.07) is 10.9. The van der Waals surface area contributed by atoms with Gasteiger partial charge in [-0.2, -0.15) is 0 Å². The molecular formula is C51H68O5. The summed E-state index contributed by atoms with van der Waals surface area (Å²) in [6.45, 7) is 22.9. The fourth-order valence-corrected chi connectivity index (χ4v) is 10.4. The van der Waals surface area contributed by atoms with Crippen molar-refractivity contribution in [3.63, 3.8) is 0 Å². The second-order valence-electron chi connectivity index (χ2n) is 20.6. The van der Waals surface area contributed by atoms with Crippen LogP contribution < -0.4 is 4.74 Å². The molecule has 56 heavy (non-hydrogen) atoms. The summed E-state index contributed by atoms with van der Waals surface area (Å²) in [4.78, 5) is 56.0. The van der Waals surface area contributed by atoms with Crippen molar-refractivity contribution >= 4 is 39.5 Å². The van der Waals surface area contributed by atoms with Crippen molar-refractivity contribution in [3.05, 3.63) is 71.8 Å². The van der Waals surface area contributed by atoms with Gasteiger partial charge in [-0.15, -0.1) is 6.58 Å². The first-order valence-electron chi connectivity index (χ1n) is 21.7. The van der Waals surface area contributed by atoms with Crippen LogP contribution in [0.5, 0.6) is 5.75 Å². The Morgan fingerprint density at radius 2 is 1.66 bits per heavy atom. The predicted octanol–water partition coefficient (Wildman–Crippen LogP) is 12.2. The molecular weight excluding hydrogens is 693 g/mol. The third kappa shape index (κ3) is 9.08. The fraction of sp³-hybridized carbons (Fsp3) is 0.608. The van der Waals surface area contributed by atoms with Gasteiger partial charge in [-0.05, 0) is 102 Å². The van der Waals surface area contributed by atoms with Crippen molar-refractivity contribution < 1.29 is 23.9 Å². The Balaban J connectivity index is 1.35. The molecule has 6 rings (SSSR count). The van der Waals surface area contributed by atoms with Crippen LogP contribution >= 0.6 is 0 Å². The van der Waals surface area contributed by atoms with Gasteiger partial charge >= 0.3 is 0 Å². The van der Waals surface area contributed by atoms with Crippen LogP contribution in [-0.4, -0.2) is 29.2 Å². The Labute approximate surface area is 337 Å².